The number of hydrogen-bond acceptors (Lipinski definition) is 4. The molecule has 0 bridgehead atoms. The van der Waals surface area contributed by atoms with E-state index in [0.717, 1.165) is 0 Å². The van der Waals surface area contributed by atoms with Crippen LogP contribution in [0.2, 0.25) is 0 Å². The number of imidazole rings is 1. The maximum atomic E-state index is 11.4. The Morgan fingerprint density at radius 3 is 2.79 bits per heavy atom. The first kappa shape index (κ1) is 13.4. The van der Waals surface area contributed by atoms with Crippen molar-refractivity contribution in [2.24, 2.45) is 5.92 Å². The van der Waals surface area contributed by atoms with Crippen LogP contribution in [-0.2, 0) is 0 Å². The third kappa shape index (κ3) is 2.53. The van der Waals surface area contributed by atoms with Crippen LogP contribution in [0.15, 0.2) is 24.4 Å². The molecule has 0 aliphatic rings. The number of nitrogens with one attached hydrogen (secondary N) is 1. The van der Waals surface area contributed by atoms with E-state index in [1.807, 2.05) is 13.8 Å². The number of fused-ring (bicyclic) bond motifs is 1. The van der Waals surface area contributed by atoms with Gasteiger partial charge in [0.15, 0.2) is 11.5 Å². The van der Waals surface area contributed by atoms with Gasteiger partial charge in [-0.1, -0.05) is 19.9 Å². The topological polar surface area (TPSA) is 86.9 Å². The van der Waals surface area contributed by atoms with Gasteiger partial charge in [0.25, 0.3) is 0 Å². The van der Waals surface area contributed by atoms with Gasteiger partial charge in [-0.05, 0) is 18.1 Å². The minimum Gasteiger partial charge on any atom is -0.476 e. The van der Waals surface area contributed by atoms with Crippen LogP contribution in [0.3, 0.4) is 0 Å². The lowest BCUT2D eigenvalue weighted by Gasteiger charge is -2.19. The number of aromatic carboxylic acids is 1. The van der Waals surface area contributed by atoms with E-state index < -0.39 is 5.97 Å². The van der Waals surface area contributed by atoms with Gasteiger partial charge < -0.3 is 15.5 Å². The number of hydrogen-bond donors (Lipinski definition) is 3. The number of nitrogens with zero attached hydrogens (tertiary/aromatic N) is 2. The molecule has 0 saturated heterocycles. The lowest BCUT2D eigenvalue weighted by molar-refractivity contribution is 0.0690. The Labute approximate surface area is 110 Å². The van der Waals surface area contributed by atoms with Crippen molar-refractivity contribution in [2.75, 3.05) is 11.9 Å². The quantitative estimate of drug-likeness (QED) is 0.760. The monoisotopic (exact) mass is 263 g/mol. The zero-order valence-corrected chi connectivity index (χ0v) is 10.9. The number of carboxylic acid groups (broad SMARTS) is 1. The summed E-state index contributed by atoms with van der Waals surface area (Å²) in [6.45, 7) is 3.82. The van der Waals surface area contributed by atoms with Crippen LogP contribution < -0.4 is 5.32 Å². The lowest BCUT2D eigenvalue weighted by Crippen LogP contribution is -2.30. The molecule has 0 spiro atoms. The molecule has 2 aromatic heterocycles. The average Bonchev–Trinajstić information content (AvgIpc) is 2.73. The maximum Gasteiger partial charge on any atom is 0.356 e. The van der Waals surface area contributed by atoms with Crippen LogP contribution in [-0.4, -0.2) is 38.2 Å². The molecule has 6 nitrogen and oxygen atoms in total. The first-order valence-electron chi connectivity index (χ1n) is 6.12. The molecule has 0 saturated carbocycles. The summed E-state index contributed by atoms with van der Waals surface area (Å²) in [5, 5.41) is 21.6. The third-order valence-electron chi connectivity index (χ3n) is 3.06. The molecule has 0 unspecified atom stereocenters. The predicted molar refractivity (Wildman–Crippen MR) is 71.5 cm³/mol. The lowest BCUT2D eigenvalue weighted by atomic mass is 10.1. The Hall–Kier alpha value is -2.08. The molecule has 2 rings (SSSR count). The van der Waals surface area contributed by atoms with Gasteiger partial charge >= 0.3 is 5.97 Å². The van der Waals surface area contributed by atoms with Gasteiger partial charge in [-0.2, -0.15) is 0 Å². The van der Waals surface area contributed by atoms with Crippen molar-refractivity contribution < 1.29 is 15.0 Å². The zero-order chi connectivity index (χ0) is 14.0. The number of carboxylic acids is 1. The van der Waals surface area contributed by atoms with Crippen molar-refractivity contribution in [3.05, 3.63) is 30.1 Å². The van der Waals surface area contributed by atoms with Crippen LogP contribution in [0.5, 0.6) is 0 Å². The Balaban J connectivity index is 2.47. The van der Waals surface area contributed by atoms with Gasteiger partial charge in [0, 0.05) is 6.20 Å². The molecular weight excluding hydrogens is 246 g/mol. The molecule has 2 aromatic rings. The number of aromatic nitrogens is 2. The fraction of sp³-hybridized carbons (Fsp3) is 0.385. The summed E-state index contributed by atoms with van der Waals surface area (Å²) in [7, 11) is 0. The molecule has 0 radical (unpaired) electrons. The number of aliphatic hydroxyl groups excluding tert-OH is 1. The van der Waals surface area contributed by atoms with Crippen molar-refractivity contribution in [3.63, 3.8) is 0 Å². The Kier molecular flexibility index (Phi) is 3.71. The van der Waals surface area contributed by atoms with Crippen molar-refractivity contribution in [1.82, 2.24) is 9.38 Å². The maximum absolute atomic E-state index is 11.4. The minimum atomic E-state index is -1.05. The highest BCUT2D eigenvalue weighted by Gasteiger charge is 2.21. The number of carbonyl (C=O) groups is 1. The smallest absolute Gasteiger partial charge is 0.356 e. The van der Waals surface area contributed by atoms with Gasteiger partial charge in [0.05, 0.1) is 12.6 Å². The van der Waals surface area contributed by atoms with Crippen LogP contribution in [0, 0.1) is 5.92 Å². The van der Waals surface area contributed by atoms with Crippen molar-refractivity contribution in [1.29, 1.82) is 0 Å². The highest BCUT2D eigenvalue weighted by Crippen LogP contribution is 2.20. The fourth-order valence-electron chi connectivity index (χ4n) is 1.90. The second kappa shape index (κ2) is 5.27. The minimum absolute atomic E-state index is 0.0784. The molecule has 0 aliphatic heterocycles. The summed E-state index contributed by atoms with van der Waals surface area (Å²) in [4.78, 5) is 15.6. The van der Waals surface area contributed by atoms with Gasteiger partial charge in [0.2, 0.25) is 0 Å². The van der Waals surface area contributed by atoms with Crippen LogP contribution in [0.25, 0.3) is 5.65 Å². The SMILES string of the molecule is CC(C)[C@@H](CO)Nc1nc2ccccn2c1C(=O)O. The second-order valence-corrected chi connectivity index (χ2v) is 4.72. The van der Waals surface area contributed by atoms with Gasteiger partial charge in [-0.3, -0.25) is 4.40 Å². The fourth-order valence-corrected chi connectivity index (χ4v) is 1.90. The van der Waals surface area contributed by atoms with E-state index in [0.29, 0.717) is 5.65 Å². The number of anilines is 1. The van der Waals surface area contributed by atoms with Crippen molar-refractivity contribution in [3.8, 4) is 0 Å². The molecule has 0 aliphatic carbocycles. The molecule has 0 amide bonds. The van der Waals surface area contributed by atoms with Crippen molar-refractivity contribution in [2.45, 2.75) is 19.9 Å². The average molecular weight is 263 g/mol. The van der Waals surface area contributed by atoms with E-state index in [4.69, 9.17) is 0 Å². The summed E-state index contributed by atoms with van der Waals surface area (Å²) in [5.41, 5.74) is 0.637. The highest BCUT2D eigenvalue weighted by molar-refractivity contribution is 5.93. The number of aliphatic hydroxyl groups is 1. The van der Waals surface area contributed by atoms with E-state index in [1.54, 1.807) is 24.4 Å². The molecule has 1 atom stereocenters. The normalized spacial score (nSPS) is 12.8. The molecule has 3 N–H and O–H groups in total. The second-order valence-electron chi connectivity index (χ2n) is 4.72. The van der Waals surface area contributed by atoms with Crippen LogP contribution >= 0.6 is 0 Å². The predicted octanol–water partition coefficient (Wildman–Crippen LogP) is 1.46. The third-order valence-corrected chi connectivity index (χ3v) is 3.06. The Bertz CT molecular complexity index is 592. The summed E-state index contributed by atoms with van der Waals surface area (Å²) >= 11 is 0. The summed E-state index contributed by atoms with van der Waals surface area (Å²) in [5.74, 6) is -0.607. The summed E-state index contributed by atoms with van der Waals surface area (Å²) in [6.07, 6.45) is 1.65. The van der Waals surface area contributed by atoms with E-state index in [1.165, 1.54) is 4.40 Å². The van der Waals surface area contributed by atoms with Gasteiger partial charge in [0.1, 0.15) is 5.65 Å². The van der Waals surface area contributed by atoms with E-state index in [2.05, 4.69) is 10.3 Å². The first-order valence-corrected chi connectivity index (χ1v) is 6.12. The molecule has 102 valence electrons. The largest absolute Gasteiger partial charge is 0.476 e. The molecule has 2 heterocycles. The standard InChI is InChI=1S/C13H17N3O3/c1-8(2)9(7-17)14-12-11(13(18)19)16-6-4-3-5-10(16)15-12/h3-6,8-9,14,17H,7H2,1-2H3,(H,18,19)/t9-/m1/s1. The summed E-state index contributed by atoms with van der Waals surface area (Å²) < 4.78 is 1.51. The van der Waals surface area contributed by atoms with Crippen LogP contribution in [0.4, 0.5) is 5.82 Å². The number of rotatable bonds is 5. The number of pyridine rings is 1. The highest BCUT2D eigenvalue weighted by atomic mass is 16.4. The molecule has 6 heteroatoms. The Morgan fingerprint density at radius 2 is 2.21 bits per heavy atom. The van der Waals surface area contributed by atoms with Crippen LogP contribution in [0.1, 0.15) is 24.3 Å². The first-order chi connectivity index (χ1) is 9.04. The van der Waals surface area contributed by atoms with E-state index in [9.17, 15) is 15.0 Å². The molecule has 0 aromatic carbocycles. The molecule has 19 heavy (non-hydrogen) atoms. The zero-order valence-electron chi connectivity index (χ0n) is 10.9. The Morgan fingerprint density at radius 1 is 1.47 bits per heavy atom. The van der Waals surface area contributed by atoms with E-state index in [-0.39, 0.29) is 30.1 Å². The molecule has 0 fully saturated rings. The van der Waals surface area contributed by atoms with Gasteiger partial charge in [-0.25, -0.2) is 9.78 Å². The van der Waals surface area contributed by atoms with E-state index >= 15 is 0 Å². The van der Waals surface area contributed by atoms with Gasteiger partial charge in [-0.15, -0.1) is 0 Å². The summed E-state index contributed by atoms with van der Waals surface area (Å²) in [6, 6.07) is 5.05. The van der Waals surface area contributed by atoms with Crippen molar-refractivity contribution >= 4 is 17.4 Å². The molecular formula is C13H17N3O3.